The van der Waals surface area contributed by atoms with Crippen molar-refractivity contribution in [1.82, 2.24) is 0 Å². The Balaban J connectivity index is 2.20. The Bertz CT molecular complexity index is 345. The number of hydrogen-bond donors (Lipinski definition) is 0. The summed E-state index contributed by atoms with van der Waals surface area (Å²) in [6.07, 6.45) is 3.47. The summed E-state index contributed by atoms with van der Waals surface area (Å²) in [6.45, 7) is 0. The standard InChI is InChI=1S/C11H11Br2F/c12-7-11(3-4-11)6-8-5-9(14)1-2-10(8)13/h1-2,5H,3-4,6-7H2. The zero-order valence-corrected chi connectivity index (χ0v) is 10.9. The van der Waals surface area contributed by atoms with Gasteiger partial charge in [0.2, 0.25) is 0 Å². The van der Waals surface area contributed by atoms with Crippen LogP contribution in [0.3, 0.4) is 0 Å². The molecule has 14 heavy (non-hydrogen) atoms. The number of hydrogen-bond acceptors (Lipinski definition) is 0. The van der Waals surface area contributed by atoms with E-state index in [-0.39, 0.29) is 5.82 Å². The van der Waals surface area contributed by atoms with E-state index in [1.165, 1.54) is 18.9 Å². The van der Waals surface area contributed by atoms with E-state index in [0.717, 1.165) is 21.8 Å². The molecule has 0 bridgehead atoms. The van der Waals surface area contributed by atoms with E-state index in [9.17, 15) is 4.39 Å². The minimum atomic E-state index is -0.145. The summed E-state index contributed by atoms with van der Waals surface area (Å²) in [5.74, 6) is -0.145. The van der Waals surface area contributed by atoms with Crippen molar-refractivity contribution in [3.8, 4) is 0 Å². The number of alkyl halides is 1. The second-order valence-electron chi connectivity index (χ2n) is 4.05. The Morgan fingerprint density at radius 2 is 2.07 bits per heavy atom. The molecule has 0 atom stereocenters. The van der Waals surface area contributed by atoms with Crippen LogP contribution in [0.1, 0.15) is 18.4 Å². The molecule has 0 N–H and O–H groups in total. The van der Waals surface area contributed by atoms with E-state index in [1.807, 2.05) is 0 Å². The number of rotatable bonds is 3. The van der Waals surface area contributed by atoms with E-state index in [0.29, 0.717) is 5.41 Å². The molecule has 1 saturated carbocycles. The Labute approximate surface area is 100 Å². The topological polar surface area (TPSA) is 0 Å². The second kappa shape index (κ2) is 3.93. The molecule has 0 unspecified atom stereocenters. The average molecular weight is 322 g/mol. The van der Waals surface area contributed by atoms with Crippen molar-refractivity contribution >= 4 is 31.9 Å². The van der Waals surface area contributed by atoms with Crippen LogP contribution in [0.2, 0.25) is 0 Å². The first-order chi connectivity index (χ1) is 6.65. The highest BCUT2D eigenvalue weighted by Gasteiger charge is 2.41. The van der Waals surface area contributed by atoms with Crippen LogP contribution in [0, 0.1) is 11.2 Å². The molecular formula is C11H11Br2F. The Morgan fingerprint density at radius 3 is 2.64 bits per heavy atom. The van der Waals surface area contributed by atoms with E-state index < -0.39 is 0 Å². The van der Waals surface area contributed by atoms with Gasteiger partial charge in [0.05, 0.1) is 0 Å². The van der Waals surface area contributed by atoms with Gasteiger partial charge in [-0.3, -0.25) is 0 Å². The zero-order chi connectivity index (χ0) is 10.2. The predicted octanol–water partition coefficient (Wildman–Crippen LogP) is 4.31. The lowest BCUT2D eigenvalue weighted by Gasteiger charge is -2.12. The lowest BCUT2D eigenvalue weighted by atomic mass is 9.99. The third-order valence-corrected chi connectivity index (χ3v) is 4.78. The Hall–Kier alpha value is 0.110. The molecule has 76 valence electrons. The van der Waals surface area contributed by atoms with Gasteiger partial charge < -0.3 is 0 Å². The molecule has 0 nitrogen and oxygen atoms in total. The molecule has 0 aromatic heterocycles. The minimum absolute atomic E-state index is 0.145. The summed E-state index contributed by atoms with van der Waals surface area (Å²) in [4.78, 5) is 0. The molecule has 0 spiro atoms. The predicted molar refractivity (Wildman–Crippen MR) is 63.3 cm³/mol. The molecule has 0 saturated heterocycles. The van der Waals surface area contributed by atoms with E-state index in [4.69, 9.17) is 0 Å². The van der Waals surface area contributed by atoms with Gasteiger partial charge in [-0.1, -0.05) is 31.9 Å². The van der Waals surface area contributed by atoms with Gasteiger partial charge in [-0.25, -0.2) is 4.39 Å². The molecule has 1 aliphatic carbocycles. The molecule has 0 heterocycles. The SMILES string of the molecule is Fc1ccc(Br)c(CC2(CBr)CC2)c1. The van der Waals surface area contributed by atoms with E-state index in [1.54, 1.807) is 12.1 Å². The summed E-state index contributed by atoms with van der Waals surface area (Å²) in [5, 5.41) is 1.02. The molecule has 2 rings (SSSR count). The van der Waals surface area contributed by atoms with Crippen molar-refractivity contribution in [2.24, 2.45) is 5.41 Å². The summed E-state index contributed by atoms with van der Waals surface area (Å²) in [6, 6.07) is 4.91. The molecule has 1 fully saturated rings. The maximum atomic E-state index is 13.0. The summed E-state index contributed by atoms with van der Waals surface area (Å²) < 4.78 is 14.0. The average Bonchev–Trinajstić information content (AvgIpc) is 2.92. The van der Waals surface area contributed by atoms with Crippen molar-refractivity contribution < 1.29 is 4.39 Å². The van der Waals surface area contributed by atoms with Gasteiger partial charge in [0, 0.05) is 9.80 Å². The normalized spacial score (nSPS) is 18.2. The Kier molecular flexibility index (Phi) is 2.98. The van der Waals surface area contributed by atoms with Crippen LogP contribution in [0.4, 0.5) is 4.39 Å². The lowest BCUT2D eigenvalue weighted by Crippen LogP contribution is -2.07. The maximum absolute atomic E-state index is 13.0. The third kappa shape index (κ3) is 2.19. The van der Waals surface area contributed by atoms with Crippen molar-refractivity contribution in [1.29, 1.82) is 0 Å². The van der Waals surface area contributed by atoms with Crippen LogP contribution in [0.5, 0.6) is 0 Å². The molecule has 1 aliphatic rings. The molecule has 3 heteroatoms. The highest BCUT2D eigenvalue weighted by atomic mass is 79.9. The summed E-state index contributed by atoms with van der Waals surface area (Å²) in [7, 11) is 0. The van der Waals surface area contributed by atoms with E-state index >= 15 is 0 Å². The fourth-order valence-corrected chi connectivity index (χ4v) is 2.76. The second-order valence-corrected chi connectivity index (χ2v) is 5.46. The first-order valence-corrected chi connectivity index (χ1v) is 6.57. The smallest absolute Gasteiger partial charge is 0.123 e. The minimum Gasteiger partial charge on any atom is -0.207 e. The van der Waals surface area contributed by atoms with Crippen LogP contribution in [-0.4, -0.2) is 5.33 Å². The van der Waals surface area contributed by atoms with Gasteiger partial charge in [0.1, 0.15) is 5.82 Å². The van der Waals surface area contributed by atoms with Crippen LogP contribution in [-0.2, 0) is 6.42 Å². The van der Waals surface area contributed by atoms with Gasteiger partial charge in [-0.05, 0) is 48.4 Å². The fraction of sp³-hybridized carbons (Fsp3) is 0.455. The van der Waals surface area contributed by atoms with Crippen LogP contribution < -0.4 is 0 Å². The largest absolute Gasteiger partial charge is 0.207 e. The molecule has 1 aromatic rings. The third-order valence-electron chi connectivity index (χ3n) is 2.81. The molecule has 0 aliphatic heterocycles. The first-order valence-electron chi connectivity index (χ1n) is 4.65. The quantitative estimate of drug-likeness (QED) is 0.728. The van der Waals surface area contributed by atoms with E-state index in [2.05, 4.69) is 31.9 Å². The van der Waals surface area contributed by atoms with Crippen LogP contribution >= 0.6 is 31.9 Å². The summed E-state index contributed by atoms with van der Waals surface area (Å²) >= 11 is 6.98. The van der Waals surface area contributed by atoms with Crippen LogP contribution in [0.15, 0.2) is 22.7 Å². The molecule has 1 aromatic carbocycles. The van der Waals surface area contributed by atoms with Crippen molar-refractivity contribution in [2.45, 2.75) is 19.3 Å². The maximum Gasteiger partial charge on any atom is 0.123 e. The van der Waals surface area contributed by atoms with Gasteiger partial charge >= 0.3 is 0 Å². The summed E-state index contributed by atoms with van der Waals surface area (Å²) in [5.41, 5.74) is 1.48. The highest BCUT2D eigenvalue weighted by molar-refractivity contribution is 9.10. The van der Waals surface area contributed by atoms with Crippen molar-refractivity contribution in [3.05, 3.63) is 34.1 Å². The van der Waals surface area contributed by atoms with Gasteiger partial charge in [-0.2, -0.15) is 0 Å². The first kappa shape index (κ1) is 10.6. The molecule has 0 radical (unpaired) electrons. The fourth-order valence-electron chi connectivity index (χ4n) is 1.62. The zero-order valence-electron chi connectivity index (χ0n) is 7.69. The Morgan fingerprint density at radius 1 is 1.36 bits per heavy atom. The van der Waals surface area contributed by atoms with Crippen molar-refractivity contribution in [2.75, 3.05) is 5.33 Å². The monoisotopic (exact) mass is 320 g/mol. The van der Waals surface area contributed by atoms with Gasteiger partial charge in [-0.15, -0.1) is 0 Å². The molecule has 0 amide bonds. The highest BCUT2D eigenvalue weighted by Crippen LogP contribution is 2.50. The number of halogens is 3. The molecular weight excluding hydrogens is 311 g/mol. The number of benzene rings is 1. The van der Waals surface area contributed by atoms with Crippen molar-refractivity contribution in [3.63, 3.8) is 0 Å². The van der Waals surface area contributed by atoms with Gasteiger partial charge in [0.25, 0.3) is 0 Å². The van der Waals surface area contributed by atoms with Gasteiger partial charge in [0.15, 0.2) is 0 Å². The lowest BCUT2D eigenvalue weighted by molar-refractivity contribution is 0.576. The van der Waals surface area contributed by atoms with Crippen LogP contribution in [0.25, 0.3) is 0 Å².